The van der Waals surface area contributed by atoms with E-state index in [1.807, 2.05) is 0 Å². The smallest absolute Gasteiger partial charge is 0.280 e. The molecule has 2 heterocycles. The summed E-state index contributed by atoms with van der Waals surface area (Å²) in [5.74, 6) is -0.212. The van der Waals surface area contributed by atoms with Crippen LogP contribution >= 0.6 is 22.7 Å². The van der Waals surface area contributed by atoms with Gasteiger partial charge in [0.15, 0.2) is 10.0 Å². The Bertz CT molecular complexity index is 563. The van der Waals surface area contributed by atoms with Crippen molar-refractivity contribution in [3.63, 3.8) is 0 Å². The summed E-state index contributed by atoms with van der Waals surface area (Å²) in [6.45, 7) is 0. The van der Waals surface area contributed by atoms with Crippen molar-refractivity contribution in [3.05, 3.63) is 33.2 Å². The molecule has 8 heteroatoms. The van der Waals surface area contributed by atoms with E-state index in [2.05, 4.69) is 20.6 Å². The fraction of sp³-hybridized carbons (Fsp3) is 0.429. The van der Waals surface area contributed by atoms with Crippen molar-refractivity contribution < 1.29 is 9.59 Å². The van der Waals surface area contributed by atoms with Crippen LogP contribution in [0.25, 0.3) is 0 Å². The van der Waals surface area contributed by atoms with E-state index in [0.29, 0.717) is 10.0 Å². The summed E-state index contributed by atoms with van der Waals surface area (Å²) in [5, 5.41) is 10.6. The molecule has 2 amide bonds. The Kier molecular flexibility index (Phi) is 4.79. The average molecular weight is 336 g/mol. The van der Waals surface area contributed by atoms with Gasteiger partial charge in [0, 0.05) is 35.2 Å². The van der Waals surface area contributed by atoms with Crippen LogP contribution in [0.3, 0.4) is 0 Å². The molecule has 0 aliphatic heterocycles. The summed E-state index contributed by atoms with van der Waals surface area (Å²) in [5.41, 5.74) is 0. The number of nitrogens with one attached hydrogen (secondary N) is 2. The summed E-state index contributed by atoms with van der Waals surface area (Å²) in [6, 6.07) is 0.314. The van der Waals surface area contributed by atoms with Crippen LogP contribution < -0.4 is 10.6 Å². The molecule has 22 heavy (non-hydrogen) atoms. The van der Waals surface area contributed by atoms with Crippen LogP contribution in [0, 0.1) is 0 Å². The van der Waals surface area contributed by atoms with Gasteiger partial charge in [0.2, 0.25) is 0 Å². The molecule has 1 aliphatic carbocycles. The molecular weight excluding hydrogens is 320 g/mol. The first kappa shape index (κ1) is 15.1. The molecule has 2 aromatic rings. The van der Waals surface area contributed by atoms with Crippen molar-refractivity contribution in [2.24, 2.45) is 0 Å². The fourth-order valence-corrected chi connectivity index (χ4v) is 3.62. The molecule has 3 rings (SSSR count). The van der Waals surface area contributed by atoms with Gasteiger partial charge in [-0.25, -0.2) is 9.97 Å². The second-order valence-corrected chi connectivity index (χ2v) is 6.96. The molecule has 2 aromatic heterocycles. The minimum absolute atomic E-state index is 0.106. The first-order valence-electron chi connectivity index (χ1n) is 7.13. The number of thiazole rings is 2. The molecule has 1 saturated carbocycles. The zero-order valence-electron chi connectivity index (χ0n) is 11.8. The predicted octanol–water partition coefficient (Wildman–Crippen LogP) is 2.07. The van der Waals surface area contributed by atoms with Crippen LogP contribution in [-0.2, 0) is 0 Å². The topological polar surface area (TPSA) is 84.0 Å². The average Bonchev–Trinajstić information content (AvgIpc) is 3.23. The van der Waals surface area contributed by atoms with Crippen molar-refractivity contribution >= 4 is 34.5 Å². The third-order valence-electron chi connectivity index (χ3n) is 3.65. The summed E-state index contributed by atoms with van der Waals surface area (Å²) in [7, 11) is 0. The highest BCUT2D eigenvalue weighted by molar-refractivity contribution is 7.11. The van der Waals surface area contributed by atoms with Crippen LogP contribution in [0.1, 0.15) is 45.3 Å². The third kappa shape index (κ3) is 3.69. The Balaban J connectivity index is 1.44. The van der Waals surface area contributed by atoms with Crippen LogP contribution in [0.4, 0.5) is 0 Å². The predicted molar refractivity (Wildman–Crippen MR) is 85.2 cm³/mol. The summed E-state index contributed by atoms with van der Waals surface area (Å²) in [4.78, 5) is 31.9. The Labute approximate surface area is 136 Å². The van der Waals surface area contributed by atoms with Crippen LogP contribution in [0.15, 0.2) is 23.2 Å². The van der Waals surface area contributed by atoms with Crippen LogP contribution in [-0.4, -0.2) is 33.9 Å². The van der Waals surface area contributed by atoms with Gasteiger partial charge in [-0.2, -0.15) is 0 Å². The monoisotopic (exact) mass is 336 g/mol. The van der Waals surface area contributed by atoms with Gasteiger partial charge in [-0.15, -0.1) is 22.7 Å². The second-order valence-electron chi connectivity index (χ2n) is 5.17. The van der Waals surface area contributed by atoms with Gasteiger partial charge in [0.05, 0.1) is 0 Å². The molecule has 1 fully saturated rings. The maximum atomic E-state index is 11.9. The molecule has 0 radical (unpaired) electrons. The van der Waals surface area contributed by atoms with Crippen molar-refractivity contribution in [2.45, 2.75) is 37.8 Å². The van der Waals surface area contributed by atoms with Gasteiger partial charge in [0.1, 0.15) is 0 Å². The number of carbonyl (C=O) groups is 2. The second kappa shape index (κ2) is 6.97. The molecular formula is C14H16N4O2S2. The maximum Gasteiger partial charge on any atom is 0.280 e. The van der Waals surface area contributed by atoms with Gasteiger partial charge < -0.3 is 10.6 Å². The van der Waals surface area contributed by atoms with Crippen LogP contribution in [0.2, 0.25) is 0 Å². The van der Waals surface area contributed by atoms with Crippen molar-refractivity contribution in [1.82, 2.24) is 20.6 Å². The van der Waals surface area contributed by atoms with Crippen molar-refractivity contribution in [3.8, 4) is 0 Å². The summed E-state index contributed by atoms with van der Waals surface area (Å²) < 4.78 is 0. The Morgan fingerprint density at radius 1 is 0.864 bits per heavy atom. The Morgan fingerprint density at radius 3 is 1.59 bits per heavy atom. The number of aromatic nitrogens is 2. The zero-order chi connectivity index (χ0) is 15.4. The van der Waals surface area contributed by atoms with Gasteiger partial charge >= 0.3 is 0 Å². The number of hydrogen-bond acceptors (Lipinski definition) is 6. The molecule has 0 saturated heterocycles. The highest BCUT2D eigenvalue weighted by Gasteiger charge is 2.25. The van der Waals surface area contributed by atoms with Gasteiger partial charge in [-0.1, -0.05) is 0 Å². The SMILES string of the molecule is O=C(NC1CCC(NC(=O)c2nccs2)CC1)c1nccs1. The quantitative estimate of drug-likeness (QED) is 0.895. The van der Waals surface area contributed by atoms with Gasteiger partial charge in [-0.05, 0) is 25.7 Å². The molecule has 0 unspecified atom stereocenters. The summed E-state index contributed by atoms with van der Waals surface area (Å²) >= 11 is 2.68. The number of amides is 2. The minimum atomic E-state index is -0.106. The van der Waals surface area contributed by atoms with E-state index in [1.54, 1.807) is 23.2 Å². The van der Waals surface area contributed by atoms with Gasteiger partial charge in [-0.3, -0.25) is 9.59 Å². The number of rotatable bonds is 4. The maximum absolute atomic E-state index is 11.9. The van der Waals surface area contributed by atoms with Crippen molar-refractivity contribution in [1.29, 1.82) is 0 Å². The standard InChI is InChI=1S/C14H16N4O2S2/c19-11(13-15-5-7-21-13)17-9-1-2-10(4-3-9)18-12(20)14-16-6-8-22-14/h5-10H,1-4H2,(H,17,19)(H,18,20). The van der Waals surface area contributed by atoms with Gasteiger partial charge in [0.25, 0.3) is 11.8 Å². The van der Waals surface area contributed by atoms with E-state index >= 15 is 0 Å². The Hall–Kier alpha value is -1.80. The summed E-state index contributed by atoms with van der Waals surface area (Å²) in [6.07, 6.45) is 6.70. The van der Waals surface area contributed by atoms with E-state index in [1.165, 1.54) is 22.7 Å². The lowest BCUT2D eigenvalue weighted by atomic mass is 9.91. The first-order valence-corrected chi connectivity index (χ1v) is 8.89. The van der Waals surface area contributed by atoms with E-state index in [9.17, 15) is 9.59 Å². The van der Waals surface area contributed by atoms with E-state index < -0.39 is 0 Å². The molecule has 0 atom stereocenters. The van der Waals surface area contributed by atoms with E-state index in [-0.39, 0.29) is 23.9 Å². The normalized spacial score (nSPS) is 21.3. The number of carbonyl (C=O) groups excluding carboxylic acids is 2. The molecule has 116 valence electrons. The molecule has 6 nitrogen and oxygen atoms in total. The number of hydrogen-bond donors (Lipinski definition) is 2. The van der Waals surface area contributed by atoms with Crippen LogP contribution in [0.5, 0.6) is 0 Å². The fourth-order valence-electron chi connectivity index (χ4n) is 2.55. The Morgan fingerprint density at radius 2 is 1.27 bits per heavy atom. The zero-order valence-corrected chi connectivity index (χ0v) is 13.5. The van der Waals surface area contributed by atoms with E-state index in [4.69, 9.17) is 0 Å². The lowest BCUT2D eigenvalue weighted by Gasteiger charge is -2.29. The molecule has 2 N–H and O–H groups in total. The molecule has 0 aromatic carbocycles. The molecule has 0 spiro atoms. The molecule has 1 aliphatic rings. The lowest BCUT2D eigenvalue weighted by molar-refractivity contribution is 0.0891. The number of nitrogens with zero attached hydrogens (tertiary/aromatic N) is 2. The largest absolute Gasteiger partial charge is 0.347 e. The molecule has 0 bridgehead atoms. The van der Waals surface area contributed by atoms with Crippen molar-refractivity contribution in [2.75, 3.05) is 0 Å². The minimum Gasteiger partial charge on any atom is -0.347 e. The highest BCUT2D eigenvalue weighted by atomic mass is 32.1. The third-order valence-corrected chi connectivity index (χ3v) is 5.19. The highest BCUT2D eigenvalue weighted by Crippen LogP contribution is 2.20. The first-order chi connectivity index (χ1) is 10.7. The van der Waals surface area contributed by atoms with E-state index in [0.717, 1.165) is 25.7 Å². The lowest BCUT2D eigenvalue weighted by Crippen LogP contribution is -2.43.